The van der Waals surface area contributed by atoms with Gasteiger partial charge in [0.15, 0.2) is 0 Å². The van der Waals surface area contributed by atoms with E-state index < -0.39 is 0 Å². The van der Waals surface area contributed by atoms with E-state index in [2.05, 4.69) is 29.2 Å². The lowest BCUT2D eigenvalue weighted by atomic mass is 9.97. The minimum atomic E-state index is 0.0373. The first-order valence-electron chi connectivity index (χ1n) is 7.50. The van der Waals surface area contributed by atoms with Crippen LogP contribution in [-0.4, -0.2) is 10.1 Å². The highest BCUT2D eigenvalue weighted by molar-refractivity contribution is 7.99. The van der Waals surface area contributed by atoms with Crippen LogP contribution in [0.15, 0.2) is 82.8 Å². The second kappa shape index (κ2) is 6.03. The molecule has 23 heavy (non-hydrogen) atoms. The standard InChI is InChI=1S/C20H15NOS/c22-13-18-14-7-1-3-9-16(14)20(17-10-4-2-8-15(17)18)23-19-11-5-6-12-21-19/h1-12,22H,13H2. The smallest absolute Gasteiger partial charge is 0.101 e. The first-order valence-corrected chi connectivity index (χ1v) is 8.32. The van der Waals surface area contributed by atoms with Crippen LogP contribution in [0.1, 0.15) is 5.56 Å². The van der Waals surface area contributed by atoms with E-state index in [-0.39, 0.29) is 6.61 Å². The number of hydrogen-bond donors (Lipinski definition) is 1. The van der Waals surface area contributed by atoms with Crippen LogP contribution in [0.5, 0.6) is 0 Å². The van der Waals surface area contributed by atoms with Gasteiger partial charge in [-0.25, -0.2) is 4.98 Å². The highest BCUT2D eigenvalue weighted by atomic mass is 32.2. The summed E-state index contributed by atoms with van der Waals surface area (Å²) < 4.78 is 0. The third-order valence-corrected chi connectivity index (χ3v) is 5.09. The van der Waals surface area contributed by atoms with Crippen molar-refractivity contribution in [3.05, 3.63) is 78.5 Å². The van der Waals surface area contributed by atoms with Crippen LogP contribution < -0.4 is 0 Å². The average molecular weight is 317 g/mol. The molecule has 0 saturated carbocycles. The number of nitrogens with zero attached hydrogens (tertiary/aromatic N) is 1. The highest BCUT2D eigenvalue weighted by Gasteiger charge is 2.14. The largest absolute Gasteiger partial charge is 0.392 e. The Kier molecular flexibility index (Phi) is 3.74. The molecule has 1 heterocycles. The van der Waals surface area contributed by atoms with Crippen molar-refractivity contribution in [3.8, 4) is 0 Å². The van der Waals surface area contributed by atoms with Gasteiger partial charge < -0.3 is 5.11 Å². The van der Waals surface area contributed by atoms with Gasteiger partial charge in [0.1, 0.15) is 5.03 Å². The quantitative estimate of drug-likeness (QED) is 0.538. The van der Waals surface area contributed by atoms with Gasteiger partial charge in [0, 0.05) is 11.1 Å². The van der Waals surface area contributed by atoms with Gasteiger partial charge >= 0.3 is 0 Å². The fourth-order valence-corrected chi connectivity index (χ4v) is 4.02. The minimum Gasteiger partial charge on any atom is -0.392 e. The summed E-state index contributed by atoms with van der Waals surface area (Å²) in [5.41, 5.74) is 0.988. The van der Waals surface area contributed by atoms with Crippen LogP contribution >= 0.6 is 11.8 Å². The van der Waals surface area contributed by atoms with Crippen LogP contribution in [0.25, 0.3) is 21.5 Å². The van der Waals surface area contributed by atoms with Gasteiger partial charge in [-0.1, -0.05) is 66.4 Å². The van der Waals surface area contributed by atoms with Crippen molar-refractivity contribution in [3.63, 3.8) is 0 Å². The lowest BCUT2D eigenvalue weighted by molar-refractivity contribution is 0.285. The Morgan fingerprint density at radius 1 is 0.739 bits per heavy atom. The van der Waals surface area contributed by atoms with Crippen LogP contribution in [0, 0.1) is 0 Å². The molecule has 3 heteroatoms. The summed E-state index contributed by atoms with van der Waals surface area (Å²) in [6.45, 7) is 0.0373. The number of fused-ring (bicyclic) bond motifs is 2. The molecule has 2 nitrogen and oxygen atoms in total. The summed E-state index contributed by atoms with van der Waals surface area (Å²) >= 11 is 1.67. The zero-order valence-corrected chi connectivity index (χ0v) is 13.3. The van der Waals surface area contributed by atoms with Crippen molar-refractivity contribution in [1.82, 2.24) is 4.98 Å². The normalized spacial score (nSPS) is 11.2. The third kappa shape index (κ3) is 2.48. The van der Waals surface area contributed by atoms with E-state index in [1.54, 1.807) is 11.8 Å². The zero-order chi connectivity index (χ0) is 15.6. The molecule has 3 aromatic carbocycles. The fraction of sp³-hybridized carbons (Fsp3) is 0.0500. The molecule has 0 bridgehead atoms. The van der Waals surface area contributed by atoms with Gasteiger partial charge in [0.2, 0.25) is 0 Å². The van der Waals surface area contributed by atoms with Crippen LogP contribution in [0.2, 0.25) is 0 Å². The first kappa shape index (κ1) is 14.2. The minimum absolute atomic E-state index is 0.0373. The maximum Gasteiger partial charge on any atom is 0.101 e. The van der Waals surface area contributed by atoms with Gasteiger partial charge in [-0.3, -0.25) is 0 Å². The maximum atomic E-state index is 9.90. The SMILES string of the molecule is OCc1c2ccccc2c(Sc2ccccn2)c2ccccc12. The summed E-state index contributed by atoms with van der Waals surface area (Å²) in [5.74, 6) is 0. The van der Waals surface area contributed by atoms with E-state index in [1.807, 2.05) is 48.7 Å². The van der Waals surface area contributed by atoms with Gasteiger partial charge in [-0.2, -0.15) is 0 Å². The second-order valence-corrected chi connectivity index (χ2v) is 6.36. The Bertz CT molecular complexity index is 926. The first-order chi connectivity index (χ1) is 11.4. The van der Waals surface area contributed by atoms with Gasteiger partial charge in [-0.05, 0) is 39.2 Å². The molecule has 0 aliphatic heterocycles. The molecule has 0 aliphatic carbocycles. The van der Waals surface area contributed by atoms with Gasteiger partial charge in [0.05, 0.1) is 6.61 Å². The topological polar surface area (TPSA) is 33.1 Å². The molecular formula is C20H15NOS. The lowest BCUT2D eigenvalue weighted by Gasteiger charge is -2.15. The monoisotopic (exact) mass is 317 g/mol. The predicted octanol–water partition coefficient (Wildman–Crippen LogP) is 5.03. The molecule has 0 spiro atoms. The van der Waals surface area contributed by atoms with Gasteiger partial charge in [-0.15, -0.1) is 0 Å². The summed E-state index contributed by atoms with van der Waals surface area (Å²) in [6.07, 6.45) is 1.81. The molecule has 112 valence electrons. The van der Waals surface area contributed by atoms with E-state index in [0.29, 0.717) is 0 Å². The van der Waals surface area contributed by atoms with Crippen LogP contribution in [0.3, 0.4) is 0 Å². The Hall–Kier alpha value is -2.36. The third-order valence-electron chi connectivity index (χ3n) is 4.00. The molecule has 4 rings (SSSR count). The lowest BCUT2D eigenvalue weighted by Crippen LogP contribution is -1.92. The predicted molar refractivity (Wildman–Crippen MR) is 95.7 cm³/mol. The van der Waals surface area contributed by atoms with E-state index in [0.717, 1.165) is 32.1 Å². The van der Waals surface area contributed by atoms with Crippen molar-refractivity contribution in [1.29, 1.82) is 0 Å². The number of aliphatic hydroxyl groups is 1. The molecule has 0 unspecified atom stereocenters. The fourth-order valence-electron chi connectivity index (χ4n) is 2.97. The molecule has 0 radical (unpaired) electrons. The van der Waals surface area contributed by atoms with Crippen molar-refractivity contribution < 1.29 is 5.11 Å². The number of hydrogen-bond acceptors (Lipinski definition) is 3. The Morgan fingerprint density at radius 3 is 1.83 bits per heavy atom. The molecule has 4 aromatic rings. The highest BCUT2D eigenvalue weighted by Crippen LogP contribution is 2.41. The number of pyridine rings is 1. The molecule has 1 N–H and O–H groups in total. The molecule has 0 aliphatic rings. The van der Waals surface area contributed by atoms with E-state index in [9.17, 15) is 5.11 Å². The summed E-state index contributed by atoms with van der Waals surface area (Å²) in [7, 11) is 0. The van der Waals surface area contributed by atoms with Gasteiger partial charge in [0.25, 0.3) is 0 Å². The van der Waals surface area contributed by atoms with Crippen molar-refractivity contribution >= 4 is 33.3 Å². The molecule has 1 aromatic heterocycles. The Balaban J connectivity index is 2.08. The zero-order valence-electron chi connectivity index (χ0n) is 12.4. The van der Waals surface area contributed by atoms with Crippen molar-refractivity contribution in [2.45, 2.75) is 16.5 Å². The van der Waals surface area contributed by atoms with Crippen molar-refractivity contribution in [2.24, 2.45) is 0 Å². The summed E-state index contributed by atoms with van der Waals surface area (Å²) in [6, 6.07) is 22.5. The Labute approximate surface area is 138 Å². The molecule has 0 amide bonds. The molecule has 0 saturated heterocycles. The Morgan fingerprint density at radius 2 is 1.30 bits per heavy atom. The average Bonchev–Trinajstić information content (AvgIpc) is 2.62. The molecular weight excluding hydrogens is 302 g/mol. The summed E-state index contributed by atoms with van der Waals surface area (Å²) in [4.78, 5) is 5.63. The number of aliphatic hydroxyl groups excluding tert-OH is 1. The van der Waals surface area contributed by atoms with Crippen LogP contribution in [0.4, 0.5) is 0 Å². The molecule has 0 atom stereocenters. The summed E-state index contributed by atoms with van der Waals surface area (Å²) in [5, 5.41) is 15.4. The van der Waals surface area contributed by atoms with E-state index in [1.165, 1.54) is 4.90 Å². The van der Waals surface area contributed by atoms with Crippen LogP contribution in [-0.2, 0) is 6.61 Å². The van der Waals surface area contributed by atoms with E-state index >= 15 is 0 Å². The maximum absolute atomic E-state index is 9.90. The van der Waals surface area contributed by atoms with E-state index in [4.69, 9.17) is 0 Å². The second-order valence-electron chi connectivity index (χ2n) is 5.33. The number of rotatable bonds is 3. The molecule has 0 fully saturated rings. The number of benzene rings is 3. The van der Waals surface area contributed by atoms with Crippen molar-refractivity contribution in [2.75, 3.05) is 0 Å². The number of aromatic nitrogens is 1.